The van der Waals surface area contributed by atoms with E-state index in [1.807, 2.05) is 25.1 Å². The zero-order valence-corrected chi connectivity index (χ0v) is 11.4. The Kier molecular flexibility index (Phi) is 4.30. The second-order valence-corrected chi connectivity index (χ2v) is 4.50. The minimum atomic E-state index is -0.373. The van der Waals surface area contributed by atoms with Crippen LogP contribution in [0.2, 0.25) is 0 Å². The molecule has 1 atom stereocenters. The molecular weight excluding hydrogens is 257 g/mol. The number of carbonyl (C=O) groups is 1. The highest BCUT2D eigenvalue weighted by molar-refractivity contribution is 5.89. The van der Waals surface area contributed by atoms with Gasteiger partial charge in [0.2, 0.25) is 5.91 Å². The van der Waals surface area contributed by atoms with Crippen molar-refractivity contribution >= 4 is 17.3 Å². The Morgan fingerprint density at radius 3 is 2.75 bits per heavy atom. The van der Waals surface area contributed by atoms with Gasteiger partial charge in [0.15, 0.2) is 0 Å². The van der Waals surface area contributed by atoms with Crippen LogP contribution < -0.4 is 10.6 Å². The Balaban J connectivity index is 2.18. The number of nitrogens with one attached hydrogen (secondary N) is 2. The molecule has 0 bridgehead atoms. The van der Waals surface area contributed by atoms with Crippen molar-refractivity contribution in [2.75, 3.05) is 10.6 Å². The quantitative estimate of drug-likeness (QED) is 0.898. The van der Waals surface area contributed by atoms with Gasteiger partial charge in [-0.05, 0) is 37.3 Å². The molecule has 2 aromatic rings. The largest absolute Gasteiger partial charge is 0.375 e. The number of pyridine rings is 1. The maximum absolute atomic E-state index is 13.8. The zero-order chi connectivity index (χ0) is 14.5. The Morgan fingerprint density at radius 1 is 1.30 bits per heavy atom. The van der Waals surface area contributed by atoms with Crippen molar-refractivity contribution in [1.29, 1.82) is 0 Å². The molecule has 5 heteroatoms. The minimum Gasteiger partial charge on any atom is -0.375 e. The summed E-state index contributed by atoms with van der Waals surface area (Å²) < 4.78 is 13.8. The van der Waals surface area contributed by atoms with Crippen LogP contribution in [0.1, 0.15) is 25.6 Å². The molecule has 0 radical (unpaired) electrons. The molecule has 0 saturated carbocycles. The highest BCUT2D eigenvalue weighted by Crippen LogP contribution is 2.23. The van der Waals surface area contributed by atoms with Gasteiger partial charge in [0.1, 0.15) is 5.82 Å². The van der Waals surface area contributed by atoms with E-state index in [4.69, 9.17) is 0 Å². The fourth-order valence-corrected chi connectivity index (χ4v) is 1.86. The van der Waals surface area contributed by atoms with Gasteiger partial charge in [-0.3, -0.25) is 9.78 Å². The molecule has 2 N–H and O–H groups in total. The topological polar surface area (TPSA) is 54.0 Å². The lowest BCUT2D eigenvalue weighted by molar-refractivity contribution is -0.114. The summed E-state index contributed by atoms with van der Waals surface area (Å²) in [6.07, 6.45) is 1.69. The summed E-state index contributed by atoms with van der Waals surface area (Å²) in [5, 5.41) is 5.68. The normalized spacial score (nSPS) is 11.8. The smallest absolute Gasteiger partial charge is 0.221 e. The molecule has 1 aromatic heterocycles. The highest BCUT2D eigenvalue weighted by Gasteiger charge is 2.10. The summed E-state index contributed by atoms with van der Waals surface area (Å²) in [5.41, 5.74) is 1.70. The van der Waals surface area contributed by atoms with E-state index >= 15 is 0 Å². The molecule has 0 saturated heterocycles. The number of halogens is 1. The van der Waals surface area contributed by atoms with Crippen molar-refractivity contribution in [2.24, 2.45) is 0 Å². The first-order valence-corrected chi connectivity index (χ1v) is 6.31. The van der Waals surface area contributed by atoms with Crippen molar-refractivity contribution in [3.05, 3.63) is 54.1 Å². The standard InChI is InChI=1S/C15H16FN3O/c1-10(14-5-3-4-8-17-14)18-15-9-12(19-11(2)20)6-7-13(15)16/h3-10,18H,1-2H3,(H,19,20). The van der Waals surface area contributed by atoms with Crippen LogP contribution in [-0.4, -0.2) is 10.9 Å². The number of rotatable bonds is 4. The first-order chi connectivity index (χ1) is 9.56. The van der Waals surface area contributed by atoms with Crippen LogP contribution in [0, 0.1) is 5.82 Å². The molecule has 1 unspecified atom stereocenters. The lowest BCUT2D eigenvalue weighted by Gasteiger charge is -2.16. The van der Waals surface area contributed by atoms with Gasteiger partial charge in [0, 0.05) is 18.8 Å². The van der Waals surface area contributed by atoms with E-state index in [0.717, 1.165) is 5.69 Å². The number of aromatic nitrogens is 1. The average Bonchev–Trinajstić information content (AvgIpc) is 2.43. The third-order valence-electron chi connectivity index (χ3n) is 2.79. The van der Waals surface area contributed by atoms with Crippen LogP contribution in [-0.2, 0) is 4.79 Å². The fourth-order valence-electron chi connectivity index (χ4n) is 1.86. The summed E-state index contributed by atoms with van der Waals surface area (Å²) in [4.78, 5) is 15.2. The predicted octanol–water partition coefficient (Wildman–Crippen LogP) is 3.35. The van der Waals surface area contributed by atoms with E-state index in [1.165, 1.54) is 19.1 Å². The van der Waals surface area contributed by atoms with E-state index in [9.17, 15) is 9.18 Å². The van der Waals surface area contributed by atoms with Gasteiger partial charge in [-0.15, -0.1) is 0 Å². The van der Waals surface area contributed by atoms with Crippen LogP contribution in [0.25, 0.3) is 0 Å². The van der Waals surface area contributed by atoms with Crippen LogP contribution in [0.5, 0.6) is 0 Å². The van der Waals surface area contributed by atoms with Gasteiger partial charge >= 0.3 is 0 Å². The second kappa shape index (κ2) is 6.14. The van der Waals surface area contributed by atoms with Crippen LogP contribution >= 0.6 is 0 Å². The first kappa shape index (κ1) is 14.0. The van der Waals surface area contributed by atoms with Gasteiger partial charge in [-0.25, -0.2) is 4.39 Å². The van der Waals surface area contributed by atoms with Crippen molar-refractivity contribution < 1.29 is 9.18 Å². The van der Waals surface area contributed by atoms with E-state index in [0.29, 0.717) is 11.4 Å². The molecule has 0 fully saturated rings. The van der Waals surface area contributed by atoms with Crippen LogP contribution in [0.15, 0.2) is 42.6 Å². The molecule has 4 nitrogen and oxygen atoms in total. The zero-order valence-electron chi connectivity index (χ0n) is 11.4. The summed E-state index contributed by atoms with van der Waals surface area (Å²) >= 11 is 0. The molecule has 0 spiro atoms. The molecule has 0 aliphatic heterocycles. The van der Waals surface area contributed by atoms with Crippen LogP contribution in [0.3, 0.4) is 0 Å². The molecule has 0 aliphatic rings. The van der Waals surface area contributed by atoms with Gasteiger partial charge in [-0.2, -0.15) is 0 Å². The molecule has 1 heterocycles. The molecule has 104 valence electrons. The van der Waals surface area contributed by atoms with Crippen LogP contribution in [0.4, 0.5) is 15.8 Å². The number of hydrogen-bond donors (Lipinski definition) is 2. The van der Waals surface area contributed by atoms with Gasteiger partial charge < -0.3 is 10.6 Å². The van der Waals surface area contributed by atoms with E-state index in [2.05, 4.69) is 15.6 Å². The minimum absolute atomic E-state index is 0.140. The Hall–Kier alpha value is -2.43. The second-order valence-electron chi connectivity index (χ2n) is 4.50. The molecule has 0 aliphatic carbocycles. The third-order valence-corrected chi connectivity index (χ3v) is 2.79. The van der Waals surface area contributed by atoms with Gasteiger partial charge in [-0.1, -0.05) is 6.07 Å². The average molecular weight is 273 g/mol. The lowest BCUT2D eigenvalue weighted by atomic mass is 10.2. The molecule has 1 aromatic carbocycles. The van der Waals surface area contributed by atoms with Gasteiger partial charge in [0.25, 0.3) is 0 Å². The molecule has 2 rings (SSSR count). The number of benzene rings is 1. The maximum atomic E-state index is 13.8. The van der Waals surface area contributed by atoms with Gasteiger partial charge in [0.05, 0.1) is 17.4 Å². The summed E-state index contributed by atoms with van der Waals surface area (Å²) in [7, 11) is 0. The molecule has 1 amide bonds. The van der Waals surface area contributed by atoms with Crippen molar-refractivity contribution in [3.8, 4) is 0 Å². The first-order valence-electron chi connectivity index (χ1n) is 6.31. The lowest BCUT2D eigenvalue weighted by Crippen LogP contribution is -2.11. The Morgan fingerprint density at radius 2 is 2.10 bits per heavy atom. The van der Waals surface area contributed by atoms with Crippen molar-refractivity contribution in [3.63, 3.8) is 0 Å². The summed E-state index contributed by atoms with van der Waals surface area (Å²) in [5.74, 6) is -0.567. The number of carbonyl (C=O) groups excluding carboxylic acids is 1. The van der Waals surface area contributed by atoms with Crippen molar-refractivity contribution in [2.45, 2.75) is 19.9 Å². The highest BCUT2D eigenvalue weighted by atomic mass is 19.1. The van der Waals surface area contributed by atoms with Crippen molar-refractivity contribution in [1.82, 2.24) is 4.98 Å². The molecular formula is C15H16FN3O. The fraction of sp³-hybridized carbons (Fsp3) is 0.200. The Bertz CT molecular complexity index is 601. The number of anilines is 2. The molecule has 20 heavy (non-hydrogen) atoms. The summed E-state index contributed by atoms with van der Waals surface area (Å²) in [6, 6.07) is 9.84. The SMILES string of the molecule is CC(=O)Nc1ccc(F)c(NC(C)c2ccccn2)c1. The number of hydrogen-bond acceptors (Lipinski definition) is 3. The van der Waals surface area contributed by atoms with E-state index in [1.54, 1.807) is 12.3 Å². The van der Waals surface area contributed by atoms with E-state index in [-0.39, 0.29) is 17.8 Å². The summed E-state index contributed by atoms with van der Waals surface area (Å²) in [6.45, 7) is 3.31. The van der Waals surface area contributed by atoms with E-state index < -0.39 is 0 Å². The maximum Gasteiger partial charge on any atom is 0.221 e. The predicted molar refractivity (Wildman–Crippen MR) is 77.0 cm³/mol. The Labute approximate surface area is 117 Å². The monoisotopic (exact) mass is 273 g/mol. The number of amides is 1. The third kappa shape index (κ3) is 3.54. The number of nitrogens with zero attached hydrogens (tertiary/aromatic N) is 1.